The molecule has 0 spiro atoms. The highest BCUT2D eigenvalue weighted by atomic mass is 32.1. The van der Waals surface area contributed by atoms with Crippen molar-refractivity contribution < 1.29 is 0 Å². The van der Waals surface area contributed by atoms with E-state index in [1.165, 1.54) is 10.4 Å². The zero-order valence-electron chi connectivity index (χ0n) is 8.82. The van der Waals surface area contributed by atoms with Crippen molar-refractivity contribution in [2.24, 2.45) is 0 Å². The summed E-state index contributed by atoms with van der Waals surface area (Å²) in [7, 11) is 0. The quantitative estimate of drug-likeness (QED) is 0.708. The van der Waals surface area contributed by atoms with Gasteiger partial charge in [-0.2, -0.15) is 0 Å². The van der Waals surface area contributed by atoms with Crippen molar-refractivity contribution in [3.05, 3.63) is 31.9 Å². The number of aryl methyl sites for hydroxylation is 3. The molecule has 0 aliphatic carbocycles. The lowest BCUT2D eigenvalue weighted by Gasteiger charge is -2.00. The van der Waals surface area contributed by atoms with Gasteiger partial charge in [0.2, 0.25) is 5.43 Å². The van der Waals surface area contributed by atoms with E-state index in [0.29, 0.717) is 0 Å². The first kappa shape index (κ1) is 9.46. The van der Waals surface area contributed by atoms with Gasteiger partial charge in [0.05, 0.1) is 10.2 Å². The highest BCUT2D eigenvalue weighted by Crippen LogP contribution is 2.26. The lowest BCUT2D eigenvalue weighted by Crippen LogP contribution is -2.07. The van der Waals surface area contributed by atoms with Gasteiger partial charge in [0, 0.05) is 16.1 Å². The van der Waals surface area contributed by atoms with Gasteiger partial charge in [-0.1, -0.05) is 0 Å². The Morgan fingerprint density at radius 2 is 1.71 bits per heavy atom. The molecule has 0 amide bonds. The molecule has 1 N–H and O–H groups in total. The molecule has 2 nitrogen and oxygen atoms in total. The fraction of sp³-hybridized carbons (Fsp3) is 0.364. The smallest absolute Gasteiger partial charge is 0.202 e. The Hall–Kier alpha value is -1.09. The number of pyridine rings is 1. The van der Waals surface area contributed by atoms with Gasteiger partial charge < -0.3 is 4.98 Å². The van der Waals surface area contributed by atoms with Crippen molar-refractivity contribution in [2.45, 2.75) is 27.7 Å². The maximum absolute atomic E-state index is 11.9. The van der Waals surface area contributed by atoms with E-state index in [2.05, 4.69) is 18.8 Å². The van der Waals surface area contributed by atoms with E-state index in [9.17, 15) is 4.79 Å². The van der Waals surface area contributed by atoms with E-state index in [4.69, 9.17) is 0 Å². The minimum absolute atomic E-state index is 0.178. The summed E-state index contributed by atoms with van der Waals surface area (Å²) >= 11 is 1.58. The number of rotatable bonds is 0. The number of H-pyrrole nitrogens is 1. The van der Waals surface area contributed by atoms with E-state index in [1.54, 1.807) is 11.3 Å². The van der Waals surface area contributed by atoms with Gasteiger partial charge >= 0.3 is 0 Å². The topological polar surface area (TPSA) is 32.9 Å². The van der Waals surface area contributed by atoms with Crippen molar-refractivity contribution in [3.63, 3.8) is 0 Å². The number of aromatic amines is 1. The second kappa shape index (κ2) is 2.95. The highest BCUT2D eigenvalue weighted by Gasteiger charge is 2.11. The van der Waals surface area contributed by atoms with Crippen LogP contribution in [0.15, 0.2) is 4.79 Å². The van der Waals surface area contributed by atoms with Crippen LogP contribution in [0.3, 0.4) is 0 Å². The highest BCUT2D eigenvalue weighted by molar-refractivity contribution is 7.19. The van der Waals surface area contributed by atoms with Crippen LogP contribution >= 0.6 is 11.3 Å². The summed E-state index contributed by atoms with van der Waals surface area (Å²) in [5, 5.41) is 0. The van der Waals surface area contributed by atoms with Gasteiger partial charge in [-0.05, 0) is 33.3 Å². The molecule has 0 atom stereocenters. The molecule has 3 heteroatoms. The average Bonchev–Trinajstić information content (AvgIpc) is 2.42. The molecule has 0 saturated carbocycles. The first-order valence-electron chi connectivity index (χ1n) is 4.61. The number of fused-ring (bicyclic) bond motifs is 1. The SMILES string of the molecule is Cc1[nH]c2c(C)c(C)sc2c(=O)c1C. The third kappa shape index (κ3) is 1.12. The molecule has 0 aliphatic rings. The summed E-state index contributed by atoms with van der Waals surface area (Å²) in [6, 6.07) is 0. The van der Waals surface area contributed by atoms with E-state index in [-0.39, 0.29) is 5.43 Å². The minimum atomic E-state index is 0.178. The number of hydrogen-bond donors (Lipinski definition) is 1. The molecule has 0 unspecified atom stereocenters. The second-order valence-corrected chi connectivity index (χ2v) is 4.92. The summed E-state index contributed by atoms with van der Waals surface area (Å²) in [5.41, 5.74) is 4.20. The van der Waals surface area contributed by atoms with Crippen molar-refractivity contribution in [1.82, 2.24) is 4.98 Å². The fourth-order valence-electron chi connectivity index (χ4n) is 1.56. The maximum Gasteiger partial charge on any atom is 0.202 e. The van der Waals surface area contributed by atoms with Crippen molar-refractivity contribution in [3.8, 4) is 0 Å². The summed E-state index contributed by atoms with van der Waals surface area (Å²) < 4.78 is 0.864. The van der Waals surface area contributed by atoms with Crippen molar-refractivity contribution >= 4 is 21.6 Å². The first-order valence-corrected chi connectivity index (χ1v) is 5.43. The third-order valence-corrected chi connectivity index (χ3v) is 4.01. The Bertz CT molecular complexity index is 563. The standard InChI is InChI=1S/C11H13NOS/c1-5-7(3)12-9-6(2)8(4)14-11(9)10(5)13/h1-4H3,(H,12,13). The van der Waals surface area contributed by atoms with E-state index < -0.39 is 0 Å². The number of thiophene rings is 1. The van der Waals surface area contributed by atoms with E-state index in [0.717, 1.165) is 21.5 Å². The molecule has 0 radical (unpaired) electrons. The summed E-state index contributed by atoms with van der Waals surface area (Å²) in [6.45, 7) is 7.93. The number of hydrogen-bond acceptors (Lipinski definition) is 2. The van der Waals surface area contributed by atoms with Crippen LogP contribution in [-0.4, -0.2) is 4.98 Å². The first-order chi connectivity index (χ1) is 6.52. The molecule has 0 saturated heterocycles. The molecule has 2 heterocycles. The molecule has 2 rings (SSSR count). The lowest BCUT2D eigenvalue weighted by molar-refractivity contribution is 1.17. The monoisotopic (exact) mass is 207 g/mol. The fourth-order valence-corrected chi connectivity index (χ4v) is 2.67. The number of aromatic nitrogens is 1. The Balaban J connectivity index is 3.06. The number of nitrogens with one attached hydrogen (secondary N) is 1. The van der Waals surface area contributed by atoms with Crippen LogP contribution in [-0.2, 0) is 0 Å². The van der Waals surface area contributed by atoms with Crippen LogP contribution in [0, 0.1) is 27.7 Å². The average molecular weight is 207 g/mol. The molecule has 0 bridgehead atoms. The molecular weight excluding hydrogens is 194 g/mol. The predicted molar refractivity (Wildman–Crippen MR) is 61.4 cm³/mol. The normalized spacial score (nSPS) is 11.1. The van der Waals surface area contributed by atoms with Crippen LogP contribution in [0.25, 0.3) is 10.2 Å². The Kier molecular flexibility index (Phi) is 2.00. The molecule has 0 aromatic carbocycles. The van der Waals surface area contributed by atoms with Crippen LogP contribution < -0.4 is 5.43 Å². The van der Waals surface area contributed by atoms with Gasteiger partial charge in [0.15, 0.2) is 0 Å². The Morgan fingerprint density at radius 1 is 1.07 bits per heavy atom. The van der Waals surface area contributed by atoms with Gasteiger partial charge in [0.1, 0.15) is 0 Å². The summed E-state index contributed by atoms with van der Waals surface area (Å²) in [5.74, 6) is 0. The lowest BCUT2D eigenvalue weighted by atomic mass is 10.2. The zero-order chi connectivity index (χ0) is 10.5. The Morgan fingerprint density at radius 3 is 2.36 bits per heavy atom. The zero-order valence-corrected chi connectivity index (χ0v) is 9.63. The summed E-state index contributed by atoms with van der Waals surface area (Å²) in [4.78, 5) is 16.4. The molecule has 2 aromatic rings. The molecule has 0 fully saturated rings. The minimum Gasteiger partial charge on any atom is -0.357 e. The van der Waals surface area contributed by atoms with Gasteiger partial charge in [-0.15, -0.1) is 11.3 Å². The van der Waals surface area contributed by atoms with Gasteiger partial charge in [-0.25, -0.2) is 0 Å². The molecule has 0 aliphatic heterocycles. The van der Waals surface area contributed by atoms with Gasteiger partial charge in [0.25, 0.3) is 0 Å². The molecule has 2 aromatic heterocycles. The van der Waals surface area contributed by atoms with Crippen LogP contribution in [0.4, 0.5) is 0 Å². The van der Waals surface area contributed by atoms with Crippen molar-refractivity contribution in [1.29, 1.82) is 0 Å². The Labute approximate surface area is 86.6 Å². The second-order valence-electron chi connectivity index (χ2n) is 3.69. The van der Waals surface area contributed by atoms with E-state index >= 15 is 0 Å². The van der Waals surface area contributed by atoms with Crippen LogP contribution in [0.5, 0.6) is 0 Å². The summed E-state index contributed by atoms with van der Waals surface area (Å²) in [6.07, 6.45) is 0. The molecular formula is C11H13NOS. The largest absolute Gasteiger partial charge is 0.357 e. The van der Waals surface area contributed by atoms with Crippen LogP contribution in [0.1, 0.15) is 21.7 Å². The maximum atomic E-state index is 11.9. The third-order valence-electron chi connectivity index (χ3n) is 2.81. The van der Waals surface area contributed by atoms with Crippen molar-refractivity contribution in [2.75, 3.05) is 0 Å². The van der Waals surface area contributed by atoms with Crippen LogP contribution in [0.2, 0.25) is 0 Å². The van der Waals surface area contributed by atoms with Gasteiger partial charge in [-0.3, -0.25) is 4.79 Å². The van der Waals surface area contributed by atoms with E-state index in [1.807, 2.05) is 13.8 Å². The predicted octanol–water partition coefficient (Wildman–Crippen LogP) is 2.82. The molecule has 14 heavy (non-hydrogen) atoms. The molecule has 74 valence electrons.